The van der Waals surface area contributed by atoms with Crippen molar-refractivity contribution >= 4 is 0 Å². The normalized spacial score (nSPS) is 9.18. The fourth-order valence-electron chi connectivity index (χ4n) is 0.840. The summed E-state index contributed by atoms with van der Waals surface area (Å²) in [7, 11) is 0. The van der Waals surface area contributed by atoms with Crippen molar-refractivity contribution in [1.82, 2.24) is 0 Å². The van der Waals surface area contributed by atoms with Crippen molar-refractivity contribution in [1.29, 1.82) is 5.26 Å². The Kier molecular flexibility index (Phi) is 2.19. The van der Waals surface area contributed by atoms with Gasteiger partial charge in [-0.2, -0.15) is 5.26 Å². The third-order valence-electron chi connectivity index (χ3n) is 1.41. The highest BCUT2D eigenvalue weighted by molar-refractivity contribution is 5.37. The predicted octanol–water partition coefficient (Wildman–Crippen LogP) is 1.16. The number of hydrogen-bond acceptors (Lipinski definition) is 2. The third-order valence-corrected chi connectivity index (χ3v) is 1.41. The van der Waals surface area contributed by atoms with E-state index in [2.05, 4.69) is 0 Å². The van der Waals surface area contributed by atoms with Crippen LogP contribution < -0.4 is 5.73 Å². The molecular weight excluding hydrogens is 143 g/mol. The topological polar surface area (TPSA) is 49.8 Å². The average Bonchev–Trinajstić information content (AvgIpc) is 2.04. The molecule has 1 aromatic rings. The highest BCUT2D eigenvalue weighted by Gasteiger charge is 2.00. The minimum Gasteiger partial charge on any atom is -0.326 e. The molecule has 0 atom stereocenters. The Morgan fingerprint density at radius 3 is 2.82 bits per heavy atom. The Hall–Kier alpha value is -1.40. The van der Waals surface area contributed by atoms with Gasteiger partial charge in [-0.05, 0) is 23.8 Å². The van der Waals surface area contributed by atoms with E-state index in [1.54, 1.807) is 0 Å². The molecule has 11 heavy (non-hydrogen) atoms. The Bertz CT molecular complexity index is 301. The smallest absolute Gasteiger partial charge is 0.123 e. The van der Waals surface area contributed by atoms with Crippen LogP contribution in [-0.2, 0) is 6.54 Å². The van der Waals surface area contributed by atoms with Crippen molar-refractivity contribution in [2.24, 2.45) is 5.73 Å². The molecule has 2 N–H and O–H groups in total. The van der Waals surface area contributed by atoms with E-state index in [0.717, 1.165) is 0 Å². The van der Waals surface area contributed by atoms with Crippen LogP contribution in [0.2, 0.25) is 0 Å². The minimum atomic E-state index is -0.357. The molecule has 0 amide bonds. The van der Waals surface area contributed by atoms with E-state index in [9.17, 15) is 4.39 Å². The van der Waals surface area contributed by atoms with E-state index < -0.39 is 0 Å². The number of nitrogens with zero attached hydrogens (tertiary/aromatic N) is 1. The highest BCUT2D eigenvalue weighted by Crippen LogP contribution is 2.08. The second-order valence-corrected chi connectivity index (χ2v) is 2.12. The van der Waals surface area contributed by atoms with Gasteiger partial charge in [-0.1, -0.05) is 0 Å². The van der Waals surface area contributed by atoms with Gasteiger partial charge in [0.15, 0.2) is 0 Å². The van der Waals surface area contributed by atoms with Crippen LogP contribution >= 0.6 is 0 Å². The second-order valence-electron chi connectivity index (χ2n) is 2.12. The fourth-order valence-corrected chi connectivity index (χ4v) is 0.840. The molecule has 2 nitrogen and oxygen atoms in total. The summed E-state index contributed by atoms with van der Waals surface area (Å²) in [5.74, 6) is -0.357. The van der Waals surface area contributed by atoms with Gasteiger partial charge in [-0.3, -0.25) is 0 Å². The van der Waals surface area contributed by atoms with Crippen molar-refractivity contribution in [3.63, 3.8) is 0 Å². The lowest BCUT2D eigenvalue weighted by molar-refractivity contribution is 0.625. The second kappa shape index (κ2) is 3.13. The van der Waals surface area contributed by atoms with Crippen LogP contribution in [0.3, 0.4) is 0 Å². The van der Waals surface area contributed by atoms with Crippen LogP contribution in [0.1, 0.15) is 11.1 Å². The molecule has 0 unspecified atom stereocenters. The van der Waals surface area contributed by atoms with Crippen LogP contribution in [0.5, 0.6) is 0 Å². The molecule has 0 aromatic heterocycles. The maximum Gasteiger partial charge on any atom is 0.123 e. The summed E-state index contributed by atoms with van der Waals surface area (Å²) in [6.07, 6.45) is 0. The molecule has 0 spiro atoms. The van der Waals surface area contributed by atoms with Crippen molar-refractivity contribution in [3.8, 4) is 6.07 Å². The van der Waals surface area contributed by atoms with E-state index in [1.807, 2.05) is 6.07 Å². The van der Waals surface area contributed by atoms with E-state index in [-0.39, 0.29) is 12.4 Å². The summed E-state index contributed by atoms with van der Waals surface area (Å²) in [6, 6.07) is 5.88. The highest BCUT2D eigenvalue weighted by atomic mass is 19.1. The van der Waals surface area contributed by atoms with Gasteiger partial charge in [0.2, 0.25) is 0 Å². The molecule has 0 heterocycles. The van der Waals surface area contributed by atoms with Crippen molar-refractivity contribution in [2.75, 3.05) is 0 Å². The third kappa shape index (κ3) is 1.54. The van der Waals surface area contributed by atoms with Gasteiger partial charge in [0.1, 0.15) is 5.82 Å². The summed E-state index contributed by atoms with van der Waals surface area (Å²) in [4.78, 5) is 0. The van der Waals surface area contributed by atoms with Crippen LogP contribution in [-0.4, -0.2) is 0 Å². The molecule has 0 saturated carbocycles. The summed E-state index contributed by atoms with van der Waals surface area (Å²) in [5, 5.41) is 8.51. The van der Waals surface area contributed by atoms with Gasteiger partial charge >= 0.3 is 0 Å². The zero-order valence-corrected chi connectivity index (χ0v) is 5.84. The van der Waals surface area contributed by atoms with Gasteiger partial charge in [0.25, 0.3) is 0 Å². The predicted molar refractivity (Wildman–Crippen MR) is 39.0 cm³/mol. The van der Waals surface area contributed by atoms with Crippen molar-refractivity contribution in [3.05, 3.63) is 35.1 Å². The molecule has 0 aliphatic carbocycles. The molecule has 1 rings (SSSR count). The molecule has 0 radical (unpaired) electrons. The summed E-state index contributed by atoms with van der Waals surface area (Å²) < 4.78 is 12.5. The SMILES string of the molecule is N#Cc1ccc(F)cc1CN. The Morgan fingerprint density at radius 1 is 1.55 bits per heavy atom. The lowest BCUT2D eigenvalue weighted by Gasteiger charge is -1.98. The molecule has 0 fully saturated rings. The number of halogens is 1. The standard InChI is InChI=1S/C8H7FN2/c9-8-2-1-6(4-10)7(3-8)5-11/h1-3H,5,11H2. The zero-order chi connectivity index (χ0) is 8.27. The Morgan fingerprint density at radius 2 is 2.27 bits per heavy atom. The summed E-state index contributed by atoms with van der Waals surface area (Å²) in [5.41, 5.74) is 6.26. The van der Waals surface area contributed by atoms with Gasteiger partial charge in [0, 0.05) is 6.54 Å². The van der Waals surface area contributed by atoms with Crippen LogP contribution in [0, 0.1) is 17.1 Å². The Labute approximate surface area is 64.1 Å². The first-order chi connectivity index (χ1) is 5.27. The van der Waals surface area contributed by atoms with E-state index in [4.69, 9.17) is 11.0 Å². The minimum absolute atomic E-state index is 0.195. The first kappa shape index (κ1) is 7.70. The number of benzene rings is 1. The zero-order valence-electron chi connectivity index (χ0n) is 5.84. The van der Waals surface area contributed by atoms with Crippen LogP contribution in [0.25, 0.3) is 0 Å². The monoisotopic (exact) mass is 150 g/mol. The lowest BCUT2D eigenvalue weighted by atomic mass is 10.1. The van der Waals surface area contributed by atoms with Crippen molar-refractivity contribution < 1.29 is 4.39 Å². The lowest BCUT2D eigenvalue weighted by Crippen LogP contribution is -1.99. The molecule has 56 valence electrons. The van der Waals surface area contributed by atoms with Gasteiger partial charge < -0.3 is 5.73 Å². The van der Waals surface area contributed by atoms with E-state index in [1.165, 1.54) is 18.2 Å². The van der Waals surface area contributed by atoms with E-state index in [0.29, 0.717) is 11.1 Å². The van der Waals surface area contributed by atoms with Gasteiger partial charge in [-0.15, -0.1) is 0 Å². The molecule has 1 aromatic carbocycles. The molecule has 0 aliphatic heterocycles. The van der Waals surface area contributed by atoms with Crippen LogP contribution in [0.15, 0.2) is 18.2 Å². The summed E-state index contributed by atoms with van der Waals surface area (Å²) in [6.45, 7) is 0.195. The quantitative estimate of drug-likeness (QED) is 0.653. The molecular formula is C8H7FN2. The van der Waals surface area contributed by atoms with Crippen molar-refractivity contribution in [2.45, 2.75) is 6.54 Å². The van der Waals surface area contributed by atoms with Crippen LogP contribution in [0.4, 0.5) is 4.39 Å². The maximum absolute atomic E-state index is 12.5. The van der Waals surface area contributed by atoms with Gasteiger partial charge in [0.05, 0.1) is 11.6 Å². The Balaban J connectivity index is 3.19. The average molecular weight is 150 g/mol. The maximum atomic E-state index is 12.5. The van der Waals surface area contributed by atoms with Gasteiger partial charge in [-0.25, -0.2) is 4.39 Å². The first-order valence-corrected chi connectivity index (χ1v) is 3.16. The molecule has 0 aliphatic rings. The number of nitriles is 1. The van der Waals surface area contributed by atoms with E-state index >= 15 is 0 Å². The molecule has 0 saturated heterocycles. The number of nitrogens with two attached hydrogens (primary N) is 1. The summed E-state index contributed by atoms with van der Waals surface area (Å²) >= 11 is 0. The number of rotatable bonds is 1. The largest absolute Gasteiger partial charge is 0.326 e. The molecule has 0 bridgehead atoms. The first-order valence-electron chi connectivity index (χ1n) is 3.16. The fraction of sp³-hybridized carbons (Fsp3) is 0.125. The molecule has 3 heteroatoms. The number of hydrogen-bond donors (Lipinski definition) is 1.